The van der Waals surface area contributed by atoms with Crippen molar-refractivity contribution in [3.63, 3.8) is 0 Å². The number of nitrogens with two attached hydrogens (primary N) is 1. The van der Waals surface area contributed by atoms with Crippen LogP contribution in [0.25, 0.3) is 0 Å². The molecule has 0 bridgehead atoms. The van der Waals surface area contributed by atoms with Crippen LogP contribution in [-0.4, -0.2) is 13.0 Å². The third-order valence-corrected chi connectivity index (χ3v) is 3.57. The summed E-state index contributed by atoms with van der Waals surface area (Å²) in [4.78, 5) is 11.4. The highest BCUT2D eigenvalue weighted by atomic mass is 35.5. The molecule has 0 radical (unpaired) electrons. The summed E-state index contributed by atoms with van der Waals surface area (Å²) < 4.78 is 10.9. The number of benzene rings is 2. The van der Waals surface area contributed by atoms with Crippen molar-refractivity contribution >= 4 is 29.1 Å². The van der Waals surface area contributed by atoms with Crippen molar-refractivity contribution in [3.05, 3.63) is 57.6 Å². The van der Waals surface area contributed by atoms with Crippen molar-refractivity contribution in [2.24, 2.45) is 5.73 Å². The van der Waals surface area contributed by atoms with E-state index >= 15 is 0 Å². The number of primary amides is 1. The van der Waals surface area contributed by atoms with E-state index < -0.39 is 5.91 Å². The molecule has 110 valence electrons. The van der Waals surface area contributed by atoms with Crippen LogP contribution in [0.5, 0.6) is 11.5 Å². The van der Waals surface area contributed by atoms with Gasteiger partial charge in [-0.15, -0.1) is 0 Å². The maximum atomic E-state index is 11.4. The maximum absolute atomic E-state index is 11.4. The van der Waals surface area contributed by atoms with E-state index in [-0.39, 0.29) is 12.2 Å². The monoisotopic (exact) mass is 325 g/mol. The smallest absolute Gasteiger partial charge is 0.252 e. The summed E-state index contributed by atoms with van der Waals surface area (Å²) in [6.07, 6.45) is 0. The van der Waals surface area contributed by atoms with Gasteiger partial charge in [0.25, 0.3) is 5.91 Å². The zero-order valence-electron chi connectivity index (χ0n) is 11.2. The Labute approximate surface area is 132 Å². The lowest BCUT2D eigenvalue weighted by Gasteiger charge is -2.13. The highest BCUT2D eigenvalue weighted by Gasteiger charge is 2.15. The highest BCUT2D eigenvalue weighted by molar-refractivity contribution is 6.42. The fourth-order valence-corrected chi connectivity index (χ4v) is 2.13. The van der Waals surface area contributed by atoms with Crippen LogP contribution in [0.3, 0.4) is 0 Å². The van der Waals surface area contributed by atoms with Crippen LogP contribution < -0.4 is 15.2 Å². The molecule has 2 rings (SSSR count). The number of carbonyl (C=O) groups excluding carboxylic acids is 1. The van der Waals surface area contributed by atoms with E-state index in [2.05, 4.69) is 0 Å². The van der Waals surface area contributed by atoms with Gasteiger partial charge in [-0.05, 0) is 29.8 Å². The van der Waals surface area contributed by atoms with Gasteiger partial charge in [-0.25, -0.2) is 0 Å². The van der Waals surface area contributed by atoms with E-state index in [1.165, 1.54) is 7.11 Å². The molecule has 0 unspecified atom stereocenters. The van der Waals surface area contributed by atoms with Gasteiger partial charge in [0.05, 0.1) is 22.7 Å². The first-order valence-corrected chi connectivity index (χ1v) is 6.82. The Morgan fingerprint density at radius 2 is 1.95 bits per heavy atom. The summed E-state index contributed by atoms with van der Waals surface area (Å²) in [7, 11) is 1.49. The van der Waals surface area contributed by atoms with Gasteiger partial charge in [0.2, 0.25) is 0 Å². The fourth-order valence-electron chi connectivity index (χ4n) is 1.80. The van der Waals surface area contributed by atoms with Crippen molar-refractivity contribution < 1.29 is 14.3 Å². The Morgan fingerprint density at radius 1 is 1.19 bits per heavy atom. The molecule has 0 fully saturated rings. The third kappa shape index (κ3) is 3.60. The average Bonchev–Trinajstić information content (AvgIpc) is 2.48. The van der Waals surface area contributed by atoms with Gasteiger partial charge in [0, 0.05) is 0 Å². The number of rotatable bonds is 5. The quantitative estimate of drug-likeness (QED) is 0.912. The topological polar surface area (TPSA) is 61.5 Å². The molecule has 2 aromatic rings. The third-order valence-electron chi connectivity index (χ3n) is 2.83. The molecule has 0 saturated heterocycles. The van der Waals surface area contributed by atoms with Crippen LogP contribution in [0.1, 0.15) is 15.9 Å². The second-order valence-electron chi connectivity index (χ2n) is 4.24. The molecular weight excluding hydrogens is 313 g/mol. The molecule has 2 aromatic carbocycles. The van der Waals surface area contributed by atoms with Gasteiger partial charge in [-0.1, -0.05) is 35.3 Å². The van der Waals surface area contributed by atoms with E-state index in [1.807, 2.05) is 0 Å². The number of carbonyl (C=O) groups is 1. The van der Waals surface area contributed by atoms with E-state index in [1.54, 1.807) is 36.4 Å². The van der Waals surface area contributed by atoms with E-state index in [4.69, 9.17) is 38.4 Å². The minimum atomic E-state index is -0.585. The number of halogens is 2. The van der Waals surface area contributed by atoms with Crippen LogP contribution in [0, 0.1) is 0 Å². The number of methoxy groups -OCH3 is 1. The van der Waals surface area contributed by atoms with Gasteiger partial charge >= 0.3 is 0 Å². The number of ether oxygens (including phenoxy) is 2. The molecule has 4 nitrogen and oxygen atoms in total. The number of amides is 1. The number of hydrogen-bond donors (Lipinski definition) is 1. The molecule has 6 heteroatoms. The molecule has 2 N–H and O–H groups in total. The normalized spacial score (nSPS) is 10.2. The Kier molecular flexibility index (Phi) is 4.94. The van der Waals surface area contributed by atoms with E-state index in [0.717, 1.165) is 5.56 Å². The van der Waals surface area contributed by atoms with Gasteiger partial charge < -0.3 is 15.2 Å². The average molecular weight is 326 g/mol. The van der Waals surface area contributed by atoms with Crippen molar-refractivity contribution in [3.8, 4) is 11.5 Å². The van der Waals surface area contributed by atoms with Crippen molar-refractivity contribution in [1.82, 2.24) is 0 Å². The molecule has 0 aliphatic carbocycles. The zero-order chi connectivity index (χ0) is 15.4. The molecule has 0 aliphatic rings. The minimum absolute atomic E-state index is 0.206. The lowest BCUT2D eigenvalue weighted by atomic mass is 10.1. The van der Waals surface area contributed by atoms with Gasteiger partial charge in [0.1, 0.15) is 6.61 Å². The summed E-state index contributed by atoms with van der Waals surface area (Å²) in [5, 5.41) is 0.906. The predicted molar refractivity (Wildman–Crippen MR) is 82.3 cm³/mol. The summed E-state index contributed by atoms with van der Waals surface area (Å²) in [5.74, 6) is 0.156. The van der Waals surface area contributed by atoms with Crippen LogP contribution in [-0.2, 0) is 6.61 Å². The van der Waals surface area contributed by atoms with Crippen LogP contribution in [0.15, 0.2) is 36.4 Å². The Balaban J connectivity index is 2.26. The fraction of sp³-hybridized carbons (Fsp3) is 0.133. The molecule has 21 heavy (non-hydrogen) atoms. The summed E-state index contributed by atoms with van der Waals surface area (Å²) in [6, 6.07) is 10.1. The lowest BCUT2D eigenvalue weighted by molar-refractivity contribution is 0.0995. The summed E-state index contributed by atoms with van der Waals surface area (Å²) in [6.45, 7) is 0.206. The zero-order valence-corrected chi connectivity index (χ0v) is 12.7. The maximum Gasteiger partial charge on any atom is 0.252 e. The largest absolute Gasteiger partial charge is 0.493 e. The Bertz CT molecular complexity index is 674. The standard InChI is InChI=1S/C15H13Cl2NO3/c1-20-13-4-2-3-10(15(18)19)14(13)21-8-9-5-6-11(16)12(17)7-9/h2-7H,8H2,1H3,(H2,18,19). The van der Waals surface area contributed by atoms with Gasteiger partial charge in [0.15, 0.2) is 11.5 Å². The van der Waals surface area contributed by atoms with Crippen molar-refractivity contribution in [2.75, 3.05) is 7.11 Å². The second kappa shape index (κ2) is 6.70. The van der Waals surface area contributed by atoms with E-state index in [9.17, 15) is 4.79 Å². The number of hydrogen-bond acceptors (Lipinski definition) is 3. The first-order valence-electron chi connectivity index (χ1n) is 6.06. The molecule has 0 aromatic heterocycles. The predicted octanol–water partition coefficient (Wildman–Crippen LogP) is 3.68. The molecule has 0 saturated carbocycles. The highest BCUT2D eigenvalue weighted by Crippen LogP contribution is 2.32. The van der Waals surface area contributed by atoms with Crippen LogP contribution in [0.2, 0.25) is 10.0 Å². The van der Waals surface area contributed by atoms with E-state index in [0.29, 0.717) is 21.5 Å². The molecule has 0 atom stereocenters. The Morgan fingerprint density at radius 3 is 2.57 bits per heavy atom. The molecule has 0 heterocycles. The van der Waals surface area contributed by atoms with Gasteiger partial charge in [-0.3, -0.25) is 4.79 Å². The first kappa shape index (κ1) is 15.5. The number of para-hydroxylation sites is 1. The first-order chi connectivity index (χ1) is 10.0. The van der Waals surface area contributed by atoms with Crippen molar-refractivity contribution in [2.45, 2.75) is 6.61 Å². The van der Waals surface area contributed by atoms with Gasteiger partial charge in [-0.2, -0.15) is 0 Å². The Hall–Kier alpha value is -1.91. The minimum Gasteiger partial charge on any atom is -0.493 e. The van der Waals surface area contributed by atoms with Crippen molar-refractivity contribution in [1.29, 1.82) is 0 Å². The summed E-state index contributed by atoms with van der Waals surface area (Å²) >= 11 is 11.8. The molecule has 1 amide bonds. The lowest BCUT2D eigenvalue weighted by Crippen LogP contribution is -2.13. The molecular formula is C15H13Cl2NO3. The second-order valence-corrected chi connectivity index (χ2v) is 5.05. The SMILES string of the molecule is COc1cccc(C(N)=O)c1OCc1ccc(Cl)c(Cl)c1. The molecule has 0 aliphatic heterocycles. The van der Waals surface area contributed by atoms with Crippen LogP contribution in [0.4, 0.5) is 0 Å². The van der Waals surface area contributed by atoms with Crippen LogP contribution >= 0.6 is 23.2 Å². The molecule has 0 spiro atoms. The summed E-state index contributed by atoms with van der Waals surface area (Å²) in [5.41, 5.74) is 6.41.